The van der Waals surface area contributed by atoms with Crippen LogP contribution in [0, 0.1) is 0 Å². The van der Waals surface area contributed by atoms with Gasteiger partial charge in [-0.3, -0.25) is 0 Å². The van der Waals surface area contributed by atoms with Gasteiger partial charge in [-0.05, 0) is 36.8 Å². The minimum absolute atomic E-state index is 0.783. The molecular weight excluding hydrogens is 280 g/mol. The van der Waals surface area contributed by atoms with Gasteiger partial charge in [0.2, 0.25) is 0 Å². The molecule has 5 heteroatoms. The summed E-state index contributed by atoms with van der Waals surface area (Å²) in [7, 11) is 0. The third kappa shape index (κ3) is 3.67. The van der Waals surface area contributed by atoms with Crippen molar-refractivity contribution in [2.45, 2.75) is 24.3 Å². The molecule has 1 fully saturated rings. The standard InChI is InChI=1S/C16H20N4S/c1-21-14-6-4-13(5-7-14)11-17-15-10-16(19-12-18-15)20-8-2-3-9-20/h4-7,10,12H,2-3,8-9,11H2,1H3,(H,17,18,19). The highest BCUT2D eigenvalue weighted by Crippen LogP contribution is 2.20. The van der Waals surface area contributed by atoms with Crippen LogP contribution in [0.3, 0.4) is 0 Å². The van der Waals surface area contributed by atoms with Gasteiger partial charge in [-0.15, -0.1) is 11.8 Å². The van der Waals surface area contributed by atoms with Gasteiger partial charge in [-0.2, -0.15) is 0 Å². The molecule has 0 bridgehead atoms. The second-order valence-electron chi connectivity index (χ2n) is 5.16. The molecule has 4 nitrogen and oxygen atoms in total. The molecule has 1 aliphatic rings. The highest BCUT2D eigenvalue weighted by molar-refractivity contribution is 7.98. The Morgan fingerprint density at radius 3 is 2.62 bits per heavy atom. The molecular formula is C16H20N4S. The summed E-state index contributed by atoms with van der Waals surface area (Å²) in [6.07, 6.45) is 6.25. The van der Waals surface area contributed by atoms with E-state index in [-0.39, 0.29) is 0 Å². The van der Waals surface area contributed by atoms with Crippen LogP contribution in [-0.4, -0.2) is 29.3 Å². The largest absolute Gasteiger partial charge is 0.366 e. The number of benzene rings is 1. The Balaban J connectivity index is 1.62. The molecule has 21 heavy (non-hydrogen) atoms. The van der Waals surface area contributed by atoms with Crippen LogP contribution in [0.5, 0.6) is 0 Å². The Kier molecular flexibility index (Phi) is 4.60. The fourth-order valence-corrected chi connectivity index (χ4v) is 2.91. The average molecular weight is 300 g/mol. The fraction of sp³-hybridized carbons (Fsp3) is 0.375. The molecule has 0 saturated carbocycles. The molecule has 3 rings (SSSR count). The van der Waals surface area contributed by atoms with Crippen molar-refractivity contribution in [2.24, 2.45) is 0 Å². The molecule has 110 valence electrons. The third-order valence-electron chi connectivity index (χ3n) is 3.72. The van der Waals surface area contributed by atoms with E-state index in [9.17, 15) is 0 Å². The molecule has 1 N–H and O–H groups in total. The van der Waals surface area contributed by atoms with E-state index in [0.29, 0.717) is 0 Å². The number of hydrogen-bond acceptors (Lipinski definition) is 5. The maximum Gasteiger partial charge on any atom is 0.134 e. The topological polar surface area (TPSA) is 41.0 Å². The molecule has 0 spiro atoms. The number of rotatable bonds is 5. The lowest BCUT2D eigenvalue weighted by Gasteiger charge is -2.16. The molecule has 0 amide bonds. The summed E-state index contributed by atoms with van der Waals surface area (Å²) in [5.41, 5.74) is 1.26. The van der Waals surface area contributed by atoms with E-state index in [1.54, 1.807) is 18.1 Å². The normalized spacial score (nSPS) is 14.4. The van der Waals surface area contributed by atoms with E-state index >= 15 is 0 Å². The summed E-state index contributed by atoms with van der Waals surface area (Å²) in [4.78, 5) is 12.3. The van der Waals surface area contributed by atoms with Gasteiger partial charge < -0.3 is 10.2 Å². The summed E-state index contributed by atoms with van der Waals surface area (Å²) in [5.74, 6) is 1.92. The van der Waals surface area contributed by atoms with E-state index < -0.39 is 0 Å². The molecule has 0 unspecified atom stereocenters. The first kappa shape index (κ1) is 14.2. The quantitative estimate of drug-likeness (QED) is 0.857. The summed E-state index contributed by atoms with van der Waals surface area (Å²) < 4.78 is 0. The first-order valence-corrected chi connectivity index (χ1v) is 8.51. The number of thioether (sulfide) groups is 1. The second kappa shape index (κ2) is 6.80. The zero-order valence-corrected chi connectivity index (χ0v) is 13.1. The maximum atomic E-state index is 4.37. The summed E-state index contributed by atoms with van der Waals surface area (Å²) >= 11 is 1.76. The first-order chi connectivity index (χ1) is 10.3. The van der Waals surface area contributed by atoms with E-state index in [1.807, 2.05) is 6.07 Å². The van der Waals surface area contributed by atoms with E-state index in [2.05, 4.69) is 50.7 Å². The first-order valence-electron chi connectivity index (χ1n) is 7.29. The SMILES string of the molecule is CSc1ccc(CNc2cc(N3CCCC3)ncn2)cc1. The number of anilines is 2. The van der Waals surface area contributed by atoms with Crippen LogP contribution in [0.4, 0.5) is 11.6 Å². The molecule has 1 aromatic heterocycles. The zero-order chi connectivity index (χ0) is 14.5. The van der Waals surface area contributed by atoms with Crippen molar-refractivity contribution in [3.63, 3.8) is 0 Å². The number of nitrogens with one attached hydrogen (secondary N) is 1. The molecule has 0 atom stereocenters. The van der Waals surface area contributed by atoms with Gasteiger partial charge in [0.25, 0.3) is 0 Å². The van der Waals surface area contributed by atoms with E-state index in [0.717, 1.165) is 31.3 Å². The van der Waals surface area contributed by atoms with Crippen molar-refractivity contribution in [1.82, 2.24) is 9.97 Å². The summed E-state index contributed by atoms with van der Waals surface area (Å²) in [6, 6.07) is 10.7. The monoisotopic (exact) mass is 300 g/mol. The number of aromatic nitrogens is 2. The van der Waals surface area contributed by atoms with Crippen LogP contribution in [-0.2, 0) is 6.54 Å². The van der Waals surface area contributed by atoms with Crippen molar-refractivity contribution < 1.29 is 0 Å². The predicted molar refractivity (Wildman–Crippen MR) is 89.0 cm³/mol. The molecule has 1 aliphatic heterocycles. The minimum Gasteiger partial charge on any atom is -0.366 e. The highest BCUT2D eigenvalue weighted by atomic mass is 32.2. The maximum absolute atomic E-state index is 4.37. The van der Waals surface area contributed by atoms with E-state index in [4.69, 9.17) is 0 Å². The van der Waals surface area contributed by atoms with Crippen molar-refractivity contribution in [2.75, 3.05) is 29.6 Å². The smallest absolute Gasteiger partial charge is 0.134 e. The zero-order valence-electron chi connectivity index (χ0n) is 12.2. The van der Waals surface area contributed by atoms with Crippen LogP contribution in [0.15, 0.2) is 41.6 Å². The van der Waals surface area contributed by atoms with Crippen LogP contribution < -0.4 is 10.2 Å². The molecule has 1 saturated heterocycles. The van der Waals surface area contributed by atoms with E-state index in [1.165, 1.54) is 23.3 Å². The predicted octanol–water partition coefficient (Wildman–Crippen LogP) is 3.41. The van der Waals surface area contributed by atoms with Crippen molar-refractivity contribution in [1.29, 1.82) is 0 Å². The van der Waals surface area contributed by atoms with Crippen LogP contribution in [0.25, 0.3) is 0 Å². The van der Waals surface area contributed by atoms with Crippen LogP contribution >= 0.6 is 11.8 Å². The minimum atomic E-state index is 0.783. The van der Waals surface area contributed by atoms with Gasteiger partial charge in [0.1, 0.15) is 18.0 Å². The lowest BCUT2D eigenvalue weighted by Crippen LogP contribution is -2.19. The highest BCUT2D eigenvalue weighted by Gasteiger charge is 2.13. The Morgan fingerprint density at radius 2 is 1.90 bits per heavy atom. The molecule has 1 aromatic carbocycles. The Bertz CT molecular complexity index is 579. The van der Waals surface area contributed by atoms with Gasteiger partial charge in [0, 0.05) is 30.6 Å². The van der Waals surface area contributed by atoms with Crippen molar-refractivity contribution >= 4 is 23.4 Å². The van der Waals surface area contributed by atoms with Gasteiger partial charge in [0.15, 0.2) is 0 Å². The molecule has 0 radical (unpaired) electrons. The van der Waals surface area contributed by atoms with Gasteiger partial charge in [0.05, 0.1) is 0 Å². The van der Waals surface area contributed by atoms with Gasteiger partial charge in [-0.1, -0.05) is 12.1 Å². The molecule has 2 aromatic rings. The Morgan fingerprint density at radius 1 is 1.14 bits per heavy atom. The number of nitrogens with zero attached hydrogens (tertiary/aromatic N) is 3. The molecule has 2 heterocycles. The van der Waals surface area contributed by atoms with Crippen LogP contribution in [0.1, 0.15) is 18.4 Å². The fourth-order valence-electron chi connectivity index (χ4n) is 2.50. The Hall–Kier alpha value is -1.75. The third-order valence-corrected chi connectivity index (χ3v) is 4.46. The summed E-state index contributed by atoms with van der Waals surface area (Å²) in [5, 5.41) is 3.38. The Labute approximate surface area is 130 Å². The average Bonchev–Trinajstić information content (AvgIpc) is 3.08. The lowest BCUT2D eigenvalue weighted by atomic mass is 10.2. The van der Waals surface area contributed by atoms with Gasteiger partial charge >= 0.3 is 0 Å². The van der Waals surface area contributed by atoms with Crippen molar-refractivity contribution in [3.05, 3.63) is 42.2 Å². The number of hydrogen-bond donors (Lipinski definition) is 1. The lowest BCUT2D eigenvalue weighted by molar-refractivity contribution is 0.925. The molecule has 0 aliphatic carbocycles. The van der Waals surface area contributed by atoms with Crippen molar-refractivity contribution in [3.8, 4) is 0 Å². The van der Waals surface area contributed by atoms with Crippen LogP contribution in [0.2, 0.25) is 0 Å². The summed E-state index contributed by atoms with van der Waals surface area (Å²) in [6.45, 7) is 2.99. The van der Waals surface area contributed by atoms with Gasteiger partial charge in [-0.25, -0.2) is 9.97 Å². The second-order valence-corrected chi connectivity index (χ2v) is 6.04.